The molecule has 9 heavy (non-hydrogen) atoms. The maximum atomic E-state index is 6.50. The van der Waals surface area contributed by atoms with Crippen LogP contribution in [0, 0.1) is 6.57 Å². The molecule has 0 aromatic carbocycles. The second-order valence-corrected chi connectivity index (χ2v) is 1.74. The van der Waals surface area contributed by atoms with E-state index < -0.39 is 0 Å². The summed E-state index contributed by atoms with van der Waals surface area (Å²) in [4.78, 5) is 3.22. The first kappa shape index (κ1) is 5.83. The van der Waals surface area contributed by atoms with E-state index in [1.807, 2.05) is 6.20 Å². The van der Waals surface area contributed by atoms with Gasteiger partial charge in [-0.2, -0.15) is 5.10 Å². The van der Waals surface area contributed by atoms with Crippen LogP contribution in [0.4, 0.5) is 0 Å². The average molecular weight is 121 g/mol. The van der Waals surface area contributed by atoms with E-state index in [-0.39, 0.29) is 0 Å². The van der Waals surface area contributed by atoms with Crippen molar-refractivity contribution < 1.29 is 0 Å². The van der Waals surface area contributed by atoms with Gasteiger partial charge in [0.05, 0.1) is 6.20 Å². The minimum atomic E-state index is 0.555. The van der Waals surface area contributed by atoms with E-state index in [4.69, 9.17) is 6.57 Å². The summed E-state index contributed by atoms with van der Waals surface area (Å²) in [6.45, 7) is 7.05. The quantitative estimate of drug-likeness (QED) is 0.578. The van der Waals surface area contributed by atoms with E-state index in [0.29, 0.717) is 6.54 Å². The lowest BCUT2D eigenvalue weighted by molar-refractivity contribution is 1.08. The minimum absolute atomic E-state index is 0.555. The van der Waals surface area contributed by atoms with Crippen molar-refractivity contribution in [2.75, 3.05) is 6.54 Å². The highest BCUT2D eigenvalue weighted by atomic mass is 15.1. The topological polar surface area (TPSA) is 33.0 Å². The lowest BCUT2D eigenvalue weighted by Crippen LogP contribution is -1.82. The monoisotopic (exact) mass is 121 g/mol. The summed E-state index contributed by atoms with van der Waals surface area (Å²) < 4.78 is 0. The van der Waals surface area contributed by atoms with Gasteiger partial charge in [0.15, 0.2) is 0 Å². The molecule has 0 saturated carbocycles. The van der Waals surface area contributed by atoms with E-state index >= 15 is 0 Å². The van der Waals surface area contributed by atoms with Crippen molar-refractivity contribution in [3.8, 4) is 0 Å². The van der Waals surface area contributed by atoms with Gasteiger partial charge >= 0.3 is 0 Å². The molecule has 3 nitrogen and oxygen atoms in total. The fourth-order valence-corrected chi connectivity index (χ4v) is 0.599. The zero-order valence-corrected chi connectivity index (χ0v) is 4.96. The number of hydrogen-bond donors (Lipinski definition) is 1. The van der Waals surface area contributed by atoms with Crippen LogP contribution in [0.2, 0.25) is 0 Å². The van der Waals surface area contributed by atoms with E-state index in [1.54, 1.807) is 6.20 Å². The largest absolute Gasteiger partial charge is 0.317 e. The standard InChI is InChI=1S/C6H7N3/c1-7-3-2-6-4-8-9-5-6/h4-5H,2-3H2,(H,8,9). The predicted molar refractivity (Wildman–Crippen MR) is 33.8 cm³/mol. The first-order chi connectivity index (χ1) is 4.43. The van der Waals surface area contributed by atoms with Crippen molar-refractivity contribution in [2.45, 2.75) is 6.42 Å². The van der Waals surface area contributed by atoms with Crippen LogP contribution in [0.5, 0.6) is 0 Å². The summed E-state index contributed by atoms with van der Waals surface area (Å²) in [5.74, 6) is 0. The van der Waals surface area contributed by atoms with E-state index in [1.165, 1.54) is 0 Å². The molecule has 1 aromatic rings. The maximum Gasteiger partial charge on any atom is 0.218 e. The van der Waals surface area contributed by atoms with Gasteiger partial charge in [-0.1, -0.05) is 0 Å². The second-order valence-electron chi connectivity index (χ2n) is 1.74. The number of hydrogen-bond acceptors (Lipinski definition) is 1. The molecule has 1 rings (SSSR count). The van der Waals surface area contributed by atoms with Crippen LogP contribution >= 0.6 is 0 Å². The summed E-state index contributed by atoms with van der Waals surface area (Å²) >= 11 is 0. The summed E-state index contributed by atoms with van der Waals surface area (Å²) in [6.07, 6.45) is 4.36. The SMILES string of the molecule is [C-]#[N+]CCc1cn[nH]c1. The van der Waals surface area contributed by atoms with Crippen LogP contribution in [0.15, 0.2) is 12.4 Å². The van der Waals surface area contributed by atoms with Crippen LogP contribution in [0.25, 0.3) is 4.85 Å². The summed E-state index contributed by atoms with van der Waals surface area (Å²) in [6, 6.07) is 0. The van der Waals surface area contributed by atoms with Crippen LogP contribution < -0.4 is 0 Å². The number of nitrogens with zero attached hydrogens (tertiary/aromatic N) is 2. The molecule has 1 heterocycles. The molecule has 0 atom stereocenters. The van der Waals surface area contributed by atoms with Crippen molar-refractivity contribution in [1.29, 1.82) is 0 Å². The Kier molecular flexibility index (Phi) is 1.86. The number of aromatic nitrogens is 2. The minimum Gasteiger partial charge on any atom is -0.317 e. The number of aromatic amines is 1. The molecule has 0 saturated heterocycles. The molecule has 0 aliphatic rings. The normalized spacial score (nSPS) is 8.78. The molecule has 0 spiro atoms. The van der Waals surface area contributed by atoms with Crippen LogP contribution in [0.1, 0.15) is 5.56 Å². The van der Waals surface area contributed by atoms with Crippen LogP contribution in [0.3, 0.4) is 0 Å². The summed E-state index contributed by atoms with van der Waals surface area (Å²) in [5, 5.41) is 6.43. The van der Waals surface area contributed by atoms with Gasteiger partial charge in [0.1, 0.15) is 0 Å². The Morgan fingerprint density at radius 1 is 1.78 bits per heavy atom. The molecule has 1 aromatic heterocycles. The fourth-order valence-electron chi connectivity index (χ4n) is 0.599. The van der Waals surface area contributed by atoms with Gasteiger partial charge in [0.2, 0.25) is 6.54 Å². The van der Waals surface area contributed by atoms with Gasteiger partial charge in [-0.05, 0) is 5.56 Å². The Morgan fingerprint density at radius 3 is 3.22 bits per heavy atom. The molecule has 0 aliphatic heterocycles. The Morgan fingerprint density at radius 2 is 2.67 bits per heavy atom. The second kappa shape index (κ2) is 2.88. The van der Waals surface area contributed by atoms with E-state index in [2.05, 4.69) is 15.0 Å². The number of rotatable bonds is 2. The number of H-pyrrole nitrogens is 1. The van der Waals surface area contributed by atoms with Crippen molar-refractivity contribution in [3.05, 3.63) is 29.4 Å². The molecule has 0 unspecified atom stereocenters. The maximum absolute atomic E-state index is 6.50. The molecular weight excluding hydrogens is 114 g/mol. The summed E-state index contributed by atoms with van der Waals surface area (Å²) in [7, 11) is 0. The van der Waals surface area contributed by atoms with Gasteiger partial charge in [0, 0.05) is 12.6 Å². The Hall–Kier alpha value is -1.30. The molecule has 0 amide bonds. The van der Waals surface area contributed by atoms with Crippen molar-refractivity contribution in [3.63, 3.8) is 0 Å². The zero-order chi connectivity index (χ0) is 6.53. The highest BCUT2D eigenvalue weighted by Crippen LogP contribution is 1.93. The number of nitrogens with one attached hydrogen (secondary N) is 1. The van der Waals surface area contributed by atoms with Gasteiger partial charge in [-0.15, -0.1) is 0 Å². The summed E-state index contributed by atoms with van der Waals surface area (Å²) in [5.41, 5.74) is 1.10. The highest BCUT2D eigenvalue weighted by molar-refractivity contribution is 5.03. The third kappa shape index (κ3) is 1.57. The van der Waals surface area contributed by atoms with E-state index in [0.717, 1.165) is 12.0 Å². The highest BCUT2D eigenvalue weighted by Gasteiger charge is 1.92. The third-order valence-corrected chi connectivity index (χ3v) is 1.07. The van der Waals surface area contributed by atoms with Gasteiger partial charge in [0.25, 0.3) is 0 Å². The van der Waals surface area contributed by atoms with Gasteiger partial charge in [-0.3, -0.25) is 5.10 Å². The third-order valence-electron chi connectivity index (χ3n) is 1.07. The molecule has 0 fully saturated rings. The fraction of sp³-hybridized carbons (Fsp3) is 0.333. The predicted octanol–water partition coefficient (Wildman–Crippen LogP) is 0.871. The van der Waals surface area contributed by atoms with Crippen molar-refractivity contribution in [1.82, 2.24) is 10.2 Å². The Bertz CT molecular complexity index is 195. The molecule has 46 valence electrons. The first-order valence-corrected chi connectivity index (χ1v) is 2.74. The van der Waals surface area contributed by atoms with Crippen LogP contribution in [-0.4, -0.2) is 16.7 Å². The lowest BCUT2D eigenvalue weighted by atomic mass is 10.3. The molecule has 0 bridgehead atoms. The van der Waals surface area contributed by atoms with Crippen molar-refractivity contribution >= 4 is 0 Å². The molecule has 0 aliphatic carbocycles. The Balaban J connectivity index is 2.41. The molecular formula is C6H7N3. The van der Waals surface area contributed by atoms with Crippen LogP contribution in [-0.2, 0) is 6.42 Å². The Labute approximate surface area is 53.5 Å². The van der Waals surface area contributed by atoms with Crippen molar-refractivity contribution in [2.24, 2.45) is 0 Å². The zero-order valence-electron chi connectivity index (χ0n) is 4.96. The molecule has 0 radical (unpaired) electrons. The van der Waals surface area contributed by atoms with Gasteiger partial charge in [-0.25, -0.2) is 6.57 Å². The lowest BCUT2D eigenvalue weighted by Gasteiger charge is -1.81. The average Bonchev–Trinajstić information content (AvgIpc) is 2.34. The molecule has 1 N–H and O–H groups in total. The smallest absolute Gasteiger partial charge is 0.218 e. The molecule has 3 heteroatoms. The van der Waals surface area contributed by atoms with E-state index in [9.17, 15) is 0 Å². The first-order valence-electron chi connectivity index (χ1n) is 2.74. The van der Waals surface area contributed by atoms with Gasteiger partial charge < -0.3 is 4.85 Å².